The van der Waals surface area contributed by atoms with E-state index >= 15 is 0 Å². The second-order valence-corrected chi connectivity index (χ2v) is 5.16. The van der Waals surface area contributed by atoms with Crippen LogP contribution in [0.4, 0.5) is 11.4 Å². The van der Waals surface area contributed by atoms with Crippen molar-refractivity contribution >= 4 is 17.3 Å². The molecule has 22 heavy (non-hydrogen) atoms. The van der Waals surface area contributed by atoms with Gasteiger partial charge >= 0.3 is 0 Å². The largest absolute Gasteiger partial charge is 0.394 e. The minimum Gasteiger partial charge on any atom is -0.394 e. The fourth-order valence-electron chi connectivity index (χ4n) is 2.26. The van der Waals surface area contributed by atoms with Crippen molar-refractivity contribution in [2.75, 3.05) is 17.2 Å². The van der Waals surface area contributed by atoms with Crippen molar-refractivity contribution < 1.29 is 30.0 Å². The molecule has 1 fully saturated rings. The summed E-state index contributed by atoms with van der Waals surface area (Å²) in [6.07, 6.45) is -5.83. The zero-order valence-corrected chi connectivity index (χ0v) is 12.0. The van der Waals surface area contributed by atoms with Gasteiger partial charge in [-0.2, -0.15) is 0 Å². The predicted octanol–water partition coefficient (Wildman–Crippen LogP) is -1.14. The van der Waals surface area contributed by atoms with Crippen molar-refractivity contribution in [2.24, 2.45) is 0 Å². The Morgan fingerprint density at radius 3 is 2.36 bits per heavy atom. The highest BCUT2D eigenvalue weighted by atomic mass is 16.6. The number of ether oxygens (including phenoxy) is 1. The number of aliphatic hydroxyl groups is 4. The molecule has 5 atom stereocenters. The number of benzene rings is 1. The lowest BCUT2D eigenvalue weighted by Crippen LogP contribution is -2.40. The van der Waals surface area contributed by atoms with E-state index in [-0.39, 0.29) is 5.91 Å². The highest BCUT2D eigenvalue weighted by Crippen LogP contribution is 2.25. The van der Waals surface area contributed by atoms with Crippen LogP contribution in [-0.2, 0) is 9.53 Å². The van der Waals surface area contributed by atoms with E-state index in [4.69, 9.17) is 9.84 Å². The summed E-state index contributed by atoms with van der Waals surface area (Å²) in [7, 11) is 0. The van der Waals surface area contributed by atoms with Crippen LogP contribution in [0, 0.1) is 0 Å². The standard InChI is InChI=1S/C14H20N2O6/c1-7(18)15-8-2-4-9(5-3-8)16-14-12(21)11(20)13(22-14)10(19)6-17/h2-5,10-14,16-17,19-21H,6H2,1H3,(H,15,18)/t10-,11+,12-,13+,14+/m1/s1. The van der Waals surface area contributed by atoms with Gasteiger partial charge in [-0.1, -0.05) is 0 Å². The SMILES string of the molecule is CC(=O)Nc1ccc(N[C@H]2O[C@@H]([C@H](O)CO)[C@@H](O)[C@H]2O)cc1. The van der Waals surface area contributed by atoms with Crippen LogP contribution in [0.2, 0.25) is 0 Å². The summed E-state index contributed by atoms with van der Waals surface area (Å²) < 4.78 is 5.35. The molecule has 1 aromatic carbocycles. The number of hydrogen-bond acceptors (Lipinski definition) is 7. The Morgan fingerprint density at radius 1 is 1.23 bits per heavy atom. The van der Waals surface area contributed by atoms with Gasteiger partial charge in [-0.25, -0.2) is 0 Å². The van der Waals surface area contributed by atoms with E-state index in [1.54, 1.807) is 24.3 Å². The summed E-state index contributed by atoms with van der Waals surface area (Å²) >= 11 is 0. The molecule has 0 bridgehead atoms. The van der Waals surface area contributed by atoms with Gasteiger partial charge in [0, 0.05) is 18.3 Å². The fraction of sp³-hybridized carbons (Fsp3) is 0.500. The van der Waals surface area contributed by atoms with E-state index in [1.807, 2.05) is 0 Å². The number of aliphatic hydroxyl groups excluding tert-OH is 4. The Kier molecular flexibility index (Phi) is 5.33. The van der Waals surface area contributed by atoms with Gasteiger partial charge < -0.3 is 35.8 Å². The normalized spacial score (nSPS) is 29.1. The van der Waals surface area contributed by atoms with E-state index in [0.717, 1.165) is 0 Å². The molecule has 0 aromatic heterocycles. The van der Waals surface area contributed by atoms with Crippen LogP contribution in [0.25, 0.3) is 0 Å². The molecule has 0 unspecified atom stereocenters. The third-order valence-electron chi connectivity index (χ3n) is 3.38. The predicted molar refractivity (Wildman–Crippen MR) is 78.1 cm³/mol. The lowest BCUT2D eigenvalue weighted by molar-refractivity contribution is -0.114. The summed E-state index contributed by atoms with van der Waals surface area (Å²) in [4.78, 5) is 10.9. The number of anilines is 2. The molecule has 2 rings (SSSR count). The van der Waals surface area contributed by atoms with Gasteiger partial charge in [0.05, 0.1) is 6.61 Å². The smallest absolute Gasteiger partial charge is 0.221 e. The third-order valence-corrected chi connectivity index (χ3v) is 3.38. The van der Waals surface area contributed by atoms with E-state index in [0.29, 0.717) is 11.4 Å². The number of rotatable bonds is 5. The van der Waals surface area contributed by atoms with Crippen LogP contribution in [0.5, 0.6) is 0 Å². The van der Waals surface area contributed by atoms with Gasteiger partial charge in [0.25, 0.3) is 0 Å². The van der Waals surface area contributed by atoms with Gasteiger partial charge in [0.15, 0.2) is 6.23 Å². The lowest BCUT2D eigenvalue weighted by atomic mass is 10.1. The average molecular weight is 312 g/mol. The quantitative estimate of drug-likeness (QED) is 0.405. The molecule has 1 aliphatic rings. The first-order chi connectivity index (χ1) is 10.4. The Balaban J connectivity index is 2.00. The number of amides is 1. The van der Waals surface area contributed by atoms with Crippen molar-refractivity contribution in [3.8, 4) is 0 Å². The molecule has 1 saturated heterocycles. The topological polar surface area (TPSA) is 131 Å². The van der Waals surface area contributed by atoms with Crippen molar-refractivity contribution in [1.82, 2.24) is 0 Å². The van der Waals surface area contributed by atoms with E-state index in [2.05, 4.69) is 10.6 Å². The molecule has 122 valence electrons. The highest BCUT2D eigenvalue weighted by Gasteiger charge is 2.45. The molecule has 0 saturated carbocycles. The zero-order chi connectivity index (χ0) is 16.3. The van der Waals surface area contributed by atoms with Crippen molar-refractivity contribution in [1.29, 1.82) is 0 Å². The number of carbonyl (C=O) groups excluding carboxylic acids is 1. The van der Waals surface area contributed by atoms with Crippen molar-refractivity contribution in [2.45, 2.75) is 37.6 Å². The second kappa shape index (κ2) is 7.03. The monoisotopic (exact) mass is 312 g/mol. The fourth-order valence-corrected chi connectivity index (χ4v) is 2.26. The third kappa shape index (κ3) is 3.73. The first kappa shape index (κ1) is 16.7. The maximum Gasteiger partial charge on any atom is 0.221 e. The molecule has 1 amide bonds. The molecular formula is C14H20N2O6. The average Bonchev–Trinajstić information content (AvgIpc) is 2.76. The maximum absolute atomic E-state index is 10.9. The Bertz CT molecular complexity index is 509. The summed E-state index contributed by atoms with van der Waals surface area (Å²) in [5.41, 5.74) is 1.23. The van der Waals surface area contributed by atoms with Crippen LogP contribution >= 0.6 is 0 Å². The molecule has 1 aliphatic heterocycles. The molecule has 0 radical (unpaired) electrons. The van der Waals surface area contributed by atoms with Crippen molar-refractivity contribution in [3.05, 3.63) is 24.3 Å². The van der Waals surface area contributed by atoms with Crippen LogP contribution < -0.4 is 10.6 Å². The summed E-state index contributed by atoms with van der Waals surface area (Å²) in [5, 5.41) is 43.7. The van der Waals surface area contributed by atoms with E-state index < -0.39 is 37.3 Å². The van der Waals surface area contributed by atoms with Gasteiger partial charge in [-0.3, -0.25) is 4.79 Å². The Morgan fingerprint density at radius 2 is 1.82 bits per heavy atom. The van der Waals surface area contributed by atoms with Gasteiger partial charge in [0.2, 0.25) is 5.91 Å². The second-order valence-electron chi connectivity index (χ2n) is 5.16. The first-order valence-electron chi connectivity index (χ1n) is 6.87. The summed E-state index contributed by atoms with van der Waals surface area (Å²) in [6.45, 7) is 0.829. The molecule has 1 aromatic rings. The lowest BCUT2D eigenvalue weighted by Gasteiger charge is -2.19. The van der Waals surface area contributed by atoms with Crippen LogP contribution in [0.3, 0.4) is 0 Å². The van der Waals surface area contributed by atoms with Crippen LogP contribution in [0.15, 0.2) is 24.3 Å². The van der Waals surface area contributed by atoms with Gasteiger partial charge in [0.1, 0.15) is 24.4 Å². The van der Waals surface area contributed by atoms with Crippen LogP contribution in [-0.4, -0.2) is 63.6 Å². The maximum atomic E-state index is 10.9. The number of nitrogens with one attached hydrogen (secondary N) is 2. The molecular weight excluding hydrogens is 292 g/mol. The minimum atomic E-state index is -1.31. The summed E-state index contributed by atoms with van der Waals surface area (Å²) in [5.74, 6) is -0.181. The molecule has 0 spiro atoms. The zero-order valence-electron chi connectivity index (χ0n) is 12.0. The van der Waals surface area contributed by atoms with E-state index in [9.17, 15) is 20.1 Å². The Hall–Kier alpha value is -1.71. The van der Waals surface area contributed by atoms with Crippen LogP contribution in [0.1, 0.15) is 6.92 Å². The molecule has 8 nitrogen and oxygen atoms in total. The first-order valence-corrected chi connectivity index (χ1v) is 6.87. The summed E-state index contributed by atoms with van der Waals surface area (Å²) in [6, 6.07) is 6.68. The highest BCUT2D eigenvalue weighted by molar-refractivity contribution is 5.88. The number of carbonyl (C=O) groups is 1. The molecule has 6 N–H and O–H groups in total. The minimum absolute atomic E-state index is 0.181. The van der Waals surface area contributed by atoms with Gasteiger partial charge in [-0.15, -0.1) is 0 Å². The Labute approximate surface area is 127 Å². The molecule has 8 heteroatoms. The van der Waals surface area contributed by atoms with Gasteiger partial charge in [-0.05, 0) is 24.3 Å². The molecule has 0 aliphatic carbocycles. The molecule has 1 heterocycles. The van der Waals surface area contributed by atoms with Crippen molar-refractivity contribution in [3.63, 3.8) is 0 Å². The van der Waals surface area contributed by atoms with E-state index in [1.165, 1.54) is 6.92 Å². The number of hydrogen-bond donors (Lipinski definition) is 6.